The van der Waals surface area contributed by atoms with E-state index in [0.717, 1.165) is 41.0 Å². The predicted octanol–water partition coefficient (Wildman–Crippen LogP) is 4.25. The van der Waals surface area contributed by atoms with Crippen LogP contribution in [0.3, 0.4) is 0 Å². The Bertz CT molecular complexity index is 1340. The van der Waals surface area contributed by atoms with Crippen molar-refractivity contribution in [3.8, 4) is 10.4 Å². The smallest absolute Gasteiger partial charge is 0.243 e. The molecule has 3 amide bonds. The number of carbonyl (C=O) groups excluding carboxylic acids is 3. The summed E-state index contributed by atoms with van der Waals surface area (Å²) >= 11 is 1.62. The van der Waals surface area contributed by atoms with Crippen molar-refractivity contribution in [2.75, 3.05) is 65.9 Å². The van der Waals surface area contributed by atoms with Crippen LogP contribution in [0.25, 0.3) is 10.4 Å². The summed E-state index contributed by atoms with van der Waals surface area (Å²) in [5.74, 6) is -0.109. The van der Waals surface area contributed by atoms with Gasteiger partial charge in [0.05, 0.1) is 75.0 Å². The number of benzene rings is 1. The minimum absolute atomic E-state index is 0.0528. The van der Waals surface area contributed by atoms with Crippen LogP contribution in [0, 0.1) is 12.3 Å². The average Bonchev–Trinajstić information content (AvgIpc) is 3.89. The minimum Gasteiger partial charge on any atom is -0.379 e. The summed E-state index contributed by atoms with van der Waals surface area (Å²) in [6.45, 7) is 13.1. The molecular formula is C38H59N5O7S. The van der Waals surface area contributed by atoms with E-state index in [1.54, 1.807) is 16.2 Å². The van der Waals surface area contributed by atoms with Crippen LogP contribution in [-0.4, -0.2) is 112 Å². The van der Waals surface area contributed by atoms with Crippen molar-refractivity contribution in [2.24, 2.45) is 5.41 Å². The number of thiazole rings is 1. The van der Waals surface area contributed by atoms with E-state index in [0.29, 0.717) is 91.4 Å². The van der Waals surface area contributed by atoms with E-state index in [1.807, 2.05) is 45.3 Å². The van der Waals surface area contributed by atoms with Crippen LogP contribution < -0.4 is 16.0 Å². The first-order valence-corrected chi connectivity index (χ1v) is 19.4. The van der Waals surface area contributed by atoms with Crippen molar-refractivity contribution >= 4 is 29.1 Å². The van der Waals surface area contributed by atoms with Gasteiger partial charge in [-0.3, -0.25) is 14.4 Å². The molecule has 1 saturated heterocycles. The van der Waals surface area contributed by atoms with Gasteiger partial charge < -0.3 is 39.8 Å². The molecular weight excluding hydrogens is 671 g/mol. The molecule has 0 radical (unpaired) electrons. The van der Waals surface area contributed by atoms with Crippen LogP contribution in [-0.2, 0) is 39.9 Å². The first-order chi connectivity index (χ1) is 24.6. The molecule has 2 heterocycles. The van der Waals surface area contributed by atoms with E-state index in [1.165, 1.54) is 12.8 Å². The second-order valence-electron chi connectivity index (χ2n) is 14.4. The molecule has 13 heteroatoms. The first kappa shape index (κ1) is 40.8. The van der Waals surface area contributed by atoms with Gasteiger partial charge in [-0.1, -0.05) is 57.9 Å². The van der Waals surface area contributed by atoms with Gasteiger partial charge in [0.25, 0.3) is 0 Å². The Kier molecular flexibility index (Phi) is 17.3. The van der Waals surface area contributed by atoms with Gasteiger partial charge in [-0.15, -0.1) is 11.3 Å². The number of rotatable bonds is 22. The van der Waals surface area contributed by atoms with Gasteiger partial charge in [-0.2, -0.15) is 0 Å². The normalized spacial score (nSPS) is 17.2. The molecule has 1 unspecified atom stereocenters. The third kappa shape index (κ3) is 13.9. The number of carbonyl (C=O) groups is 3. The van der Waals surface area contributed by atoms with Gasteiger partial charge >= 0.3 is 0 Å². The SMILES string of the molecule is Cc1ncsc1-c1ccc(CNC(=O)[C@@H]2CCCN2C(=O)C(NCCOCCOCCOCCOCCC(=O)NC2CCCC2)C(C)(C)C)cc1. The van der Waals surface area contributed by atoms with Crippen molar-refractivity contribution in [1.29, 1.82) is 0 Å². The molecule has 1 saturated carbocycles. The maximum atomic E-state index is 13.8. The summed E-state index contributed by atoms with van der Waals surface area (Å²) < 4.78 is 22.3. The first-order valence-electron chi connectivity index (χ1n) is 18.5. The number of ether oxygens (including phenoxy) is 4. The number of hydrogen-bond acceptors (Lipinski definition) is 10. The molecule has 2 fully saturated rings. The van der Waals surface area contributed by atoms with E-state index >= 15 is 0 Å². The standard InChI is InChI=1S/C38H59N5O7S/c1-28-34(51-27-41-28)30-13-11-29(12-14-30)26-40-36(45)32-10-7-17-43(32)37(46)35(38(2,3)4)39-16-19-48-21-23-50-25-24-49-22-20-47-18-15-33(44)42-31-8-5-6-9-31/h11-14,27,31-32,35,39H,5-10,15-26H2,1-4H3,(H,40,45)(H,42,44)/t32-,35?/m0/s1. The number of likely N-dealkylation sites (tertiary alicyclic amines) is 1. The molecule has 51 heavy (non-hydrogen) atoms. The number of hydrogen-bond donors (Lipinski definition) is 3. The van der Waals surface area contributed by atoms with Crippen molar-refractivity contribution < 1.29 is 33.3 Å². The lowest BCUT2D eigenvalue weighted by Gasteiger charge is -2.35. The highest BCUT2D eigenvalue weighted by Crippen LogP contribution is 2.28. The van der Waals surface area contributed by atoms with Crippen LogP contribution in [0.1, 0.15) is 77.0 Å². The lowest BCUT2D eigenvalue weighted by Crippen LogP contribution is -2.57. The molecule has 1 aromatic heterocycles. The molecule has 3 N–H and O–H groups in total. The van der Waals surface area contributed by atoms with E-state index in [9.17, 15) is 14.4 Å². The van der Waals surface area contributed by atoms with Crippen LogP contribution in [0.2, 0.25) is 0 Å². The van der Waals surface area contributed by atoms with Crippen LogP contribution in [0.4, 0.5) is 0 Å². The third-order valence-electron chi connectivity index (χ3n) is 9.28. The number of amides is 3. The van der Waals surface area contributed by atoms with E-state index < -0.39 is 12.1 Å². The highest BCUT2D eigenvalue weighted by Gasteiger charge is 2.40. The molecule has 1 aromatic carbocycles. The molecule has 1 aliphatic heterocycles. The molecule has 4 rings (SSSR count). The lowest BCUT2D eigenvalue weighted by atomic mass is 9.85. The zero-order valence-electron chi connectivity index (χ0n) is 31.0. The summed E-state index contributed by atoms with van der Waals surface area (Å²) in [7, 11) is 0. The highest BCUT2D eigenvalue weighted by atomic mass is 32.1. The third-order valence-corrected chi connectivity index (χ3v) is 10.3. The fourth-order valence-electron chi connectivity index (χ4n) is 6.46. The van der Waals surface area contributed by atoms with Crippen molar-refractivity contribution in [3.05, 3.63) is 41.0 Å². The van der Waals surface area contributed by atoms with Gasteiger partial charge in [-0.25, -0.2) is 4.98 Å². The maximum Gasteiger partial charge on any atom is 0.243 e. The molecule has 284 valence electrons. The Morgan fingerprint density at radius 2 is 1.51 bits per heavy atom. The Labute approximate surface area is 307 Å². The quantitative estimate of drug-likeness (QED) is 0.152. The molecule has 1 aliphatic carbocycles. The molecule has 2 aromatic rings. The predicted molar refractivity (Wildman–Crippen MR) is 198 cm³/mol. The summed E-state index contributed by atoms with van der Waals surface area (Å²) in [6, 6.07) is 7.57. The highest BCUT2D eigenvalue weighted by molar-refractivity contribution is 7.13. The summed E-state index contributed by atoms with van der Waals surface area (Å²) in [4.78, 5) is 46.2. The Hall–Kier alpha value is -2.94. The van der Waals surface area contributed by atoms with Crippen LogP contribution in [0.5, 0.6) is 0 Å². The topological polar surface area (TPSA) is 140 Å². The average molecular weight is 730 g/mol. The molecule has 2 aliphatic rings. The second-order valence-corrected chi connectivity index (χ2v) is 15.2. The Morgan fingerprint density at radius 1 is 0.882 bits per heavy atom. The zero-order valence-corrected chi connectivity index (χ0v) is 31.8. The number of nitrogens with one attached hydrogen (secondary N) is 3. The monoisotopic (exact) mass is 729 g/mol. The van der Waals surface area contributed by atoms with Gasteiger partial charge in [0, 0.05) is 32.1 Å². The van der Waals surface area contributed by atoms with Gasteiger partial charge in [-0.05, 0) is 49.1 Å². The van der Waals surface area contributed by atoms with E-state index in [4.69, 9.17) is 18.9 Å². The fourth-order valence-corrected chi connectivity index (χ4v) is 7.28. The molecule has 0 bridgehead atoms. The number of aromatic nitrogens is 1. The van der Waals surface area contributed by atoms with Crippen molar-refractivity contribution in [1.82, 2.24) is 25.8 Å². The van der Waals surface area contributed by atoms with Crippen LogP contribution >= 0.6 is 11.3 Å². The van der Waals surface area contributed by atoms with Gasteiger partial charge in [0.15, 0.2) is 0 Å². The van der Waals surface area contributed by atoms with E-state index in [2.05, 4.69) is 33.1 Å². The second kappa shape index (κ2) is 21.6. The van der Waals surface area contributed by atoms with Gasteiger partial charge in [0.1, 0.15) is 6.04 Å². The summed E-state index contributed by atoms with van der Waals surface area (Å²) in [5.41, 5.74) is 4.63. The molecule has 0 spiro atoms. The fraction of sp³-hybridized carbons (Fsp3) is 0.684. The largest absolute Gasteiger partial charge is 0.379 e. The number of nitrogens with zero attached hydrogens (tertiary/aromatic N) is 2. The summed E-state index contributed by atoms with van der Waals surface area (Å²) in [6.07, 6.45) is 6.40. The van der Waals surface area contributed by atoms with E-state index in [-0.39, 0.29) is 23.1 Å². The van der Waals surface area contributed by atoms with Crippen molar-refractivity contribution in [3.63, 3.8) is 0 Å². The molecule has 12 nitrogen and oxygen atoms in total. The van der Waals surface area contributed by atoms with Crippen LogP contribution in [0.15, 0.2) is 29.8 Å². The van der Waals surface area contributed by atoms with Crippen molar-refractivity contribution in [2.45, 2.75) is 97.3 Å². The van der Waals surface area contributed by atoms with Gasteiger partial charge in [0.2, 0.25) is 17.7 Å². The Balaban J connectivity index is 1.04. The molecule has 2 atom stereocenters. The zero-order chi connectivity index (χ0) is 36.5. The Morgan fingerprint density at radius 3 is 2.12 bits per heavy atom. The lowest BCUT2D eigenvalue weighted by molar-refractivity contribution is -0.142. The number of aryl methyl sites for hydroxylation is 1. The summed E-state index contributed by atoms with van der Waals surface area (Å²) in [5, 5.41) is 9.51. The maximum absolute atomic E-state index is 13.8. The minimum atomic E-state index is -0.479.